The van der Waals surface area contributed by atoms with Crippen LogP contribution < -0.4 is 0 Å². The molecular weight excluding hydrogens is 264 g/mol. The van der Waals surface area contributed by atoms with Crippen molar-refractivity contribution >= 4 is 22.9 Å². The molecule has 0 spiro atoms. The fourth-order valence-corrected chi connectivity index (χ4v) is 3.18. The van der Waals surface area contributed by atoms with Gasteiger partial charge in [-0.15, -0.1) is 11.3 Å². The SMILES string of the molecule is Cc1ccc(C)c(CC(O)c2cc(C)c(Cl)s2)c1. The standard InChI is InChI=1S/C15H17ClOS/c1-9-4-5-10(2)12(6-9)8-13(17)14-7-11(3)15(16)18-14/h4-7,13,17H,8H2,1-3H3. The molecule has 2 aromatic rings. The largest absolute Gasteiger partial charge is 0.387 e. The van der Waals surface area contributed by atoms with Crippen LogP contribution in [0.25, 0.3) is 0 Å². The van der Waals surface area contributed by atoms with Crippen LogP contribution >= 0.6 is 22.9 Å². The highest BCUT2D eigenvalue weighted by Gasteiger charge is 2.14. The van der Waals surface area contributed by atoms with Gasteiger partial charge in [-0.3, -0.25) is 0 Å². The molecule has 1 atom stereocenters. The van der Waals surface area contributed by atoms with Gasteiger partial charge in [0.25, 0.3) is 0 Å². The maximum absolute atomic E-state index is 10.3. The van der Waals surface area contributed by atoms with E-state index in [0.29, 0.717) is 6.42 Å². The summed E-state index contributed by atoms with van der Waals surface area (Å²) in [5, 5.41) is 10.3. The van der Waals surface area contributed by atoms with Gasteiger partial charge < -0.3 is 5.11 Å². The minimum absolute atomic E-state index is 0.471. The van der Waals surface area contributed by atoms with Crippen molar-refractivity contribution in [3.63, 3.8) is 0 Å². The number of hydrogen-bond acceptors (Lipinski definition) is 2. The van der Waals surface area contributed by atoms with Gasteiger partial charge in [0.15, 0.2) is 0 Å². The van der Waals surface area contributed by atoms with Crippen LogP contribution in [0.15, 0.2) is 24.3 Å². The van der Waals surface area contributed by atoms with Gasteiger partial charge in [-0.25, -0.2) is 0 Å². The maximum Gasteiger partial charge on any atom is 0.0961 e. The van der Waals surface area contributed by atoms with E-state index in [0.717, 1.165) is 14.8 Å². The fraction of sp³-hybridized carbons (Fsp3) is 0.333. The lowest BCUT2D eigenvalue weighted by molar-refractivity contribution is 0.182. The third kappa shape index (κ3) is 2.94. The first-order chi connectivity index (χ1) is 8.47. The van der Waals surface area contributed by atoms with Crippen LogP contribution in [0.2, 0.25) is 4.34 Å². The van der Waals surface area contributed by atoms with E-state index in [4.69, 9.17) is 11.6 Å². The van der Waals surface area contributed by atoms with E-state index >= 15 is 0 Å². The molecule has 1 nitrogen and oxygen atoms in total. The Morgan fingerprint density at radius 2 is 1.89 bits per heavy atom. The highest BCUT2D eigenvalue weighted by Crippen LogP contribution is 2.32. The van der Waals surface area contributed by atoms with Gasteiger partial charge in [-0.2, -0.15) is 0 Å². The molecule has 18 heavy (non-hydrogen) atoms. The van der Waals surface area contributed by atoms with Crippen LogP contribution in [0.1, 0.15) is 33.2 Å². The van der Waals surface area contributed by atoms with Crippen molar-refractivity contribution in [3.05, 3.63) is 55.7 Å². The predicted molar refractivity (Wildman–Crippen MR) is 78.6 cm³/mol. The number of rotatable bonds is 3. The third-order valence-electron chi connectivity index (χ3n) is 3.12. The molecule has 0 fully saturated rings. The maximum atomic E-state index is 10.3. The second-order valence-corrected chi connectivity index (χ2v) is 6.44. The molecule has 1 N–H and O–H groups in total. The highest BCUT2D eigenvalue weighted by atomic mass is 35.5. The average molecular weight is 281 g/mol. The number of hydrogen-bond donors (Lipinski definition) is 1. The molecule has 0 saturated heterocycles. The Bertz CT molecular complexity index is 540. The summed E-state index contributed by atoms with van der Waals surface area (Å²) in [5.41, 5.74) is 4.68. The van der Waals surface area contributed by atoms with Crippen molar-refractivity contribution < 1.29 is 5.11 Å². The molecule has 0 bridgehead atoms. The molecule has 2 rings (SSSR count). The van der Waals surface area contributed by atoms with Gasteiger partial charge in [0.2, 0.25) is 0 Å². The van der Waals surface area contributed by atoms with E-state index in [2.05, 4.69) is 32.0 Å². The first kappa shape index (κ1) is 13.6. The quantitative estimate of drug-likeness (QED) is 0.871. The van der Waals surface area contributed by atoms with Crippen LogP contribution in [-0.2, 0) is 6.42 Å². The van der Waals surface area contributed by atoms with Crippen molar-refractivity contribution in [2.75, 3.05) is 0 Å². The number of thiophene rings is 1. The van der Waals surface area contributed by atoms with Crippen molar-refractivity contribution in [1.82, 2.24) is 0 Å². The lowest BCUT2D eigenvalue weighted by atomic mass is 9.99. The Labute approximate surface area is 117 Å². The van der Waals surface area contributed by atoms with Crippen LogP contribution in [0.4, 0.5) is 0 Å². The number of aliphatic hydroxyl groups excluding tert-OH is 1. The average Bonchev–Trinajstić information content (AvgIpc) is 2.64. The number of aryl methyl sites for hydroxylation is 3. The van der Waals surface area contributed by atoms with Crippen LogP contribution in [0, 0.1) is 20.8 Å². The van der Waals surface area contributed by atoms with E-state index < -0.39 is 6.10 Å². The topological polar surface area (TPSA) is 20.2 Å². The van der Waals surface area contributed by atoms with Crippen LogP contribution in [0.5, 0.6) is 0 Å². The summed E-state index contributed by atoms with van der Waals surface area (Å²) in [6.07, 6.45) is 0.172. The zero-order valence-electron chi connectivity index (χ0n) is 10.8. The third-order valence-corrected chi connectivity index (χ3v) is 4.78. The Morgan fingerprint density at radius 1 is 1.17 bits per heavy atom. The van der Waals surface area contributed by atoms with E-state index in [1.807, 2.05) is 13.0 Å². The van der Waals surface area contributed by atoms with Gasteiger partial charge in [0.05, 0.1) is 10.4 Å². The smallest absolute Gasteiger partial charge is 0.0961 e. The molecule has 1 unspecified atom stereocenters. The highest BCUT2D eigenvalue weighted by molar-refractivity contribution is 7.16. The molecule has 1 heterocycles. The second-order valence-electron chi connectivity index (χ2n) is 4.76. The minimum atomic E-state index is -0.471. The molecule has 0 aliphatic carbocycles. The molecule has 0 saturated carbocycles. The van der Waals surface area contributed by atoms with E-state index in [1.54, 1.807) is 0 Å². The Hall–Kier alpha value is -0.830. The van der Waals surface area contributed by atoms with Crippen molar-refractivity contribution in [2.24, 2.45) is 0 Å². The van der Waals surface area contributed by atoms with Crippen LogP contribution in [-0.4, -0.2) is 5.11 Å². The summed E-state index contributed by atoms with van der Waals surface area (Å²) in [6, 6.07) is 8.31. The summed E-state index contributed by atoms with van der Waals surface area (Å²) in [4.78, 5) is 0.943. The molecule has 0 aliphatic rings. The summed E-state index contributed by atoms with van der Waals surface area (Å²) < 4.78 is 0.769. The van der Waals surface area contributed by atoms with E-state index in [9.17, 15) is 5.11 Å². The summed E-state index contributed by atoms with van der Waals surface area (Å²) in [5.74, 6) is 0. The number of halogens is 1. The zero-order chi connectivity index (χ0) is 13.3. The normalized spacial score (nSPS) is 12.7. The number of aliphatic hydroxyl groups is 1. The lowest BCUT2D eigenvalue weighted by Gasteiger charge is -2.11. The van der Waals surface area contributed by atoms with Crippen LogP contribution in [0.3, 0.4) is 0 Å². The first-order valence-corrected chi connectivity index (χ1v) is 7.17. The monoisotopic (exact) mass is 280 g/mol. The van der Waals surface area contributed by atoms with Gasteiger partial charge >= 0.3 is 0 Å². The summed E-state index contributed by atoms with van der Waals surface area (Å²) in [7, 11) is 0. The molecule has 96 valence electrons. The zero-order valence-corrected chi connectivity index (χ0v) is 12.4. The molecule has 3 heteroatoms. The molecule has 1 aromatic carbocycles. The summed E-state index contributed by atoms with van der Waals surface area (Å²) >= 11 is 7.51. The lowest BCUT2D eigenvalue weighted by Crippen LogP contribution is -2.01. The summed E-state index contributed by atoms with van der Waals surface area (Å²) in [6.45, 7) is 6.11. The molecule has 1 aromatic heterocycles. The first-order valence-electron chi connectivity index (χ1n) is 5.97. The van der Waals surface area contributed by atoms with Crippen molar-refractivity contribution in [2.45, 2.75) is 33.3 Å². The molecule has 0 radical (unpaired) electrons. The van der Waals surface area contributed by atoms with Gasteiger partial charge in [0.1, 0.15) is 0 Å². The Balaban J connectivity index is 2.20. The van der Waals surface area contributed by atoms with E-state index in [1.165, 1.54) is 28.0 Å². The Morgan fingerprint density at radius 3 is 2.50 bits per heavy atom. The predicted octanol–water partition coefficient (Wildman–Crippen LogP) is 4.60. The van der Waals surface area contributed by atoms with Gasteiger partial charge in [-0.05, 0) is 43.5 Å². The molecular formula is C15H17ClOS. The van der Waals surface area contributed by atoms with Gasteiger partial charge in [-0.1, -0.05) is 35.4 Å². The van der Waals surface area contributed by atoms with Crippen molar-refractivity contribution in [3.8, 4) is 0 Å². The second kappa shape index (κ2) is 5.43. The van der Waals surface area contributed by atoms with Gasteiger partial charge in [0, 0.05) is 11.3 Å². The Kier molecular flexibility index (Phi) is 4.10. The fourth-order valence-electron chi connectivity index (χ4n) is 1.98. The van der Waals surface area contributed by atoms with E-state index in [-0.39, 0.29) is 0 Å². The van der Waals surface area contributed by atoms with Crippen molar-refractivity contribution in [1.29, 1.82) is 0 Å². The molecule has 0 aliphatic heterocycles. The number of benzene rings is 1. The minimum Gasteiger partial charge on any atom is -0.387 e. The molecule has 0 amide bonds.